The van der Waals surface area contributed by atoms with E-state index in [0.717, 1.165) is 61.9 Å². The highest BCUT2D eigenvalue weighted by Crippen LogP contribution is 2.30. The number of anilines is 2. The van der Waals surface area contributed by atoms with Gasteiger partial charge in [-0.1, -0.05) is 6.42 Å². The molecule has 3 aromatic rings. The number of carbonyl (C=O) groups excluding carboxylic acids is 1. The highest BCUT2D eigenvalue weighted by atomic mass is 32.2. The van der Waals surface area contributed by atoms with Gasteiger partial charge in [-0.15, -0.1) is 0 Å². The zero-order valence-corrected chi connectivity index (χ0v) is 21.1. The third-order valence-corrected chi connectivity index (χ3v) is 8.69. The third-order valence-electron chi connectivity index (χ3n) is 6.79. The average Bonchev–Trinajstić information content (AvgIpc) is 3.54. The molecule has 2 fully saturated rings. The second-order valence-corrected chi connectivity index (χ2v) is 11.5. The van der Waals surface area contributed by atoms with E-state index in [9.17, 15) is 13.2 Å². The van der Waals surface area contributed by atoms with Crippen molar-refractivity contribution in [2.75, 3.05) is 36.4 Å². The van der Waals surface area contributed by atoms with Crippen LogP contribution in [-0.4, -0.2) is 59.6 Å². The van der Waals surface area contributed by atoms with Crippen molar-refractivity contribution in [3.8, 4) is 0 Å². The fraction of sp³-hybridized carbons (Fsp3) is 0.480. The molecule has 0 spiro atoms. The van der Waals surface area contributed by atoms with Crippen LogP contribution in [0.25, 0.3) is 11.0 Å². The topological polar surface area (TPSA) is 100 Å². The Morgan fingerprint density at radius 2 is 1.69 bits per heavy atom. The molecule has 4 heterocycles. The van der Waals surface area contributed by atoms with Gasteiger partial charge in [0.2, 0.25) is 10.0 Å². The van der Waals surface area contributed by atoms with E-state index < -0.39 is 10.0 Å². The first-order valence-corrected chi connectivity index (χ1v) is 13.8. The SMILES string of the molecule is CC(C)n1ncc2cc(NC(=O)c3cc(S(=O)(=O)N4CCCCC4)ccc3N3CCCC3)cnc21. The summed E-state index contributed by atoms with van der Waals surface area (Å²) in [6.45, 7) is 6.81. The molecule has 5 rings (SSSR count). The Labute approximate surface area is 206 Å². The van der Waals surface area contributed by atoms with Gasteiger partial charge in [0.25, 0.3) is 5.91 Å². The molecule has 0 radical (unpaired) electrons. The third kappa shape index (κ3) is 4.64. The molecule has 0 atom stereocenters. The van der Waals surface area contributed by atoms with E-state index in [-0.39, 0.29) is 16.8 Å². The molecule has 1 aromatic carbocycles. The number of hydrogen-bond donors (Lipinski definition) is 1. The van der Waals surface area contributed by atoms with Crippen molar-refractivity contribution in [1.82, 2.24) is 19.1 Å². The summed E-state index contributed by atoms with van der Waals surface area (Å²) >= 11 is 0. The number of amides is 1. The van der Waals surface area contributed by atoms with Crippen LogP contribution in [0.4, 0.5) is 11.4 Å². The van der Waals surface area contributed by atoms with Crippen molar-refractivity contribution in [2.24, 2.45) is 0 Å². The first-order valence-electron chi connectivity index (χ1n) is 12.4. The molecule has 2 aromatic heterocycles. The Balaban J connectivity index is 1.48. The number of nitrogens with zero attached hydrogens (tertiary/aromatic N) is 5. The Hall–Kier alpha value is -2.98. The van der Waals surface area contributed by atoms with E-state index in [2.05, 4.69) is 20.3 Å². The number of rotatable bonds is 6. The van der Waals surface area contributed by atoms with Gasteiger partial charge in [0.05, 0.1) is 28.5 Å². The molecular formula is C25H32N6O3S. The van der Waals surface area contributed by atoms with Crippen molar-refractivity contribution >= 4 is 38.3 Å². The van der Waals surface area contributed by atoms with Gasteiger partial charge >= 0.3 is 0 Å². The summed E-state index contributed by atoms with van der Waals surface area (Å²) in [4.78, 5) is 20.3. The number of piperidine rings is 1. The molecule has 1 amide bonds. The number of nitrogens with one attached hydrogen (secondary N) is 1. The smallest absolute Gasteiger partial charge is 0.257 e. The predicted octanol–water partition coefficient (Wildman–Crippen LogP) is 4.04. The summed E-state index contributed by atoms with van der Waals surface area (Å²) in [7, 11) is -3.65. The molecule has 0 aliphatic carbocycles. The van der Waals surface area contributed by atoms with Gasteiger partial charge in [0.1, 0.15) is 0 Å². The Bertz CT molecular complexity index is 1340. The first kappa shape index (κ1) is 23.7. The monoisotopic (exact) mass is 496 g/mol. The number of fused-ring (bicyclic) bond motifs is 1. The summed E-state index contributed by atoms with van der Waals surface area (Å²) in [5.41, 5.74) is 2.43. The lowest BCUT2D eigenvalue weighted by molar-refractivity contribution is 0.102. The van der Waals surface area contributed by atoms with Crippen LogP contribution in [0.3, 0.4) is 0 Å². The normalized spacial score (nSPS) is 17.4. The summed E-state index contributed by atoms with van der Waals surface area (Å²) in [6, 6.07) is 6.98. The number of sulfonamides is 1. The van der Waals surface area contributed by atoms with Crippen LogP contribution in [-0.2, 0) is 10.0 Å². The number of pyridine rings is 1. The van der Waals surface area contributed by atoms with Crippen molar-refractivity contribution in [3.05, 3.63) is 42.2 Å². The summed E-state index contributed by atoms with van der Waals surface area (Å²) in [6.07, 6.45) is 8.22. The average molecular weight is 497 g/mol. The molecular weight excluding hydrogens is 464 g/mol. The van der Waals surface area contributed by atoms with Crippen LogP contribution in [0.5, 0.6) is 0 Å². The van der Waals surface area contributed by atoms with E-state index in [1.165, 1.54) is 10.4 Å². The van der Waals surface area contributed by atoms with Crippen LogP contribution < -0.4 is 10.2 Å². The van der Waals surface area contributed by atoms with Crippen molar-refractivity contribution in [1.29, 1.82) is 0 Å². The molecule has 0 saturated carbocycles. The van der Waals surface area contributed by atoms with Crippen molar-refractivity contribution in [2.45, 2.75) is 56.9 Å². The minimum Gasteiger partial charge on any atom is -0.371 e. The largest absolute Gasteiger partial charge is 0.371 e. The molecule has 35 heavy (non-hydrogen) atoms. The van der Waals surface area contributed by atoms with Gasteiger partial charge in [-0.2, -0.15) is 9.40 Å². The molecule has 2 aliphatic heterocycles. The molecule has 2 aliphatic rings. The Kier molecular flexibility index (Phi) is 6.50. The minimum absolute atomic E-state index is 0.166. The van der Waals surface area contributed by atoms with E-state index >= 15 is 0 Å². The molecule has 0 unspecified atom stereocenters. The molecule has 2 saturated heterocycles. The van der Waals surface area contributed by atoms with Gasteiger partial charge in [0.15, 0.2) is 5.65 Å². The highest BCUT2D eigenvalue weighted by molar-refractivity contribution is 7.89. The predicted molar refractivity (Wildman–Crippen MR) is 136 cm³/mol. The fourth-order valence-electron chi connectivity index (χ4n) is 4.93. The van der Waals surface area contributed by atoms with Crippen LogP contribution in [0.15, 0.2) is 41.6 Å². The van der Waals surface area contributed by atoms with Gasteiger partial charge in [-0.3, -0.25) is 4.79 Å². The van der Waals surface area contributed by atoms with Crippen LogP contribution in [0, 0.1) is 0 Å². The Morgan fingerprint density at radius 3 is 2.40 bits per heavy atom. The van der Waals surface area contributed by atoms with E-state index in [1.54, 1.807) is 24.5 Å². The lowest BCUT2D eigenvalue weighted by Gasteiger charge is -2.27. The van der Waals surface area contributed by atoms with Gasteiger partial charge < -0.3 is 10.2 Å². The molecule has 1 N–H and O–H groups in total. The van der Waals surface area contributed by atoms with Crippen LogP contribution >= 0.6 is 0 Å². The quantitative estimate of drug-likeness (QED) is 0.553. The second kappa shape index (κ2) is 9.58. The maximum atomic E-state index is 13.5. The lowest BCUT2D eigenvalue weighted by Crippen LogP contribution is -2.35. The molecule has 0 bridgehead atoms. The van der Waals surface area contributed by atoms with Crippen LogP contribution in [0.2, 0.25) is 0 Å². The summed E-state index contributed by atoms with van der Waals surface area (Å²) in [5, 5.41) is 8.15. The van der Waals surface area contributed by atoms with E-state index in [4.69, 9.17) is 0 Å². The van der Waals surface area contributed by atoms with E-state index in [1.807, 2.05) is 24.6 Å². The number of aromatic nitrogens is 3. The fourth-order valence-corrected chi connectivity index (χ4v) is 6.47. The second-order valence-electron chi connectivity index (χ2n) is 9.61. The van der Waals surface area contributed by atoms with Gasteiger partial charge in [0, 0.05) is 43.3 Å². The van der Waals surface area contributed by atoms with Gasteiger partial charge in [-0.05, 0) is 63.8 Å². The lowest BCUT2D eigenvalue weighted by atomic mass is 10.1. The van der Waals surface area contributed by atoms with Gasteiger partial charge in [-0.25, -0.2) is 18.1 Å². The standard InChI is InChI=1S/C25H32N6O3S/c1-18(2)31-24-19(16-27-31)14-20(17-26-24)28-25(32)22-15-21(8-9-23(22)29-10-6-7-11-29)35(33,34)30-12-4-3-5-13-30/h8-9,14-18H,3-7,10-13H2,1-2H3,(H,28,32). The van der Waals surface area contributed by atoms with E-state index in [0.29, 0.717) is 24.3 Å². The van der Waals surface area contributed by atoms with Crippen LogP contribution in [0.1, 0.15) is 62.4 Å². The maximum absolute atomic E-state index is 13.5. The maximum Gasteiger partial charge on any atom is 0.257 e. The number of hydrogen-bond acceptors (Lipinski definition) is 6. The molecule has 10 heteroatoms. The van der Waals surface area contributed by atoms with Crippen molar-refractivity contribution < 1.29 is 13.2 Å². The minimum atomic E-state index is -3.65. The summed E-state index contributed by atoms with van der Waals surface area (Å²) in [5.74, 6) is -0.347. The first-order chi connectivity index (χ1) is 16.8. The van der Waals surface area contributed by atoms with Crippen molar-refractivity contribution in [3.63, 3.8) is 0 Å². The zero-order chi connectivity index (χ0) is 24.6. The highest BCUT2D eigenvalue weighted by Gasteiger charge is 2.29. The number of carbonyl (C=O) groups is 1. The molecule has 9 nitrogen and oxygen atoms in total. The molecule has 186 valence electrons. The zero-order valence-electron chi connectivity index (χ0n) is 20.3. The Morgan fingerprint density at radius 1 is 0.971 bits per heavy atom. The summed E-state index contributed by atoms with van der Waals surface area (Å²) < 4.78 is 30.0. The number of benzene rings is 1.